The quantitative estimate of drug-likeness (QED) is 0.561. The Balaban J connectivity index is 1.40. The minimum absolute atomic E-state index is 0.103. The number of hydrogen-bond acceptors (Lipinski definition) is 7. The molecule has 4 rings (SSSR count). The molecule has 1 saturated heterocycles. The van der Waals surface area contributed by atoms with Crippen molar-refractivity contribution in [3.63, 3.8) is 0 Å². The molecule has 0 aliphatic carbocycles. The molecule has 1 aliphatic rings. The maximum atomic E-state index is 12.6. The van der Waals surface area contributed by atoms with E-state index in [1.807, 2.05) is 33.2 Å². The van der Waals surface area contributed by atoms with Gasteiger partial charge in [0.05, 0.1) is 11.7 Å². The molecule has 0 radical (unpaired) electrons. The van der Waals surface area contributed by atoms with Gasteiger partial charge in [-0.2, -0.15) is 11.3 Å². The molecule has 1 aliphatic heterocycles. The molecule has 3 aromatic heterocycles. The normalized spacial score (nSPS) is 16.6. The van der Waals surface area contributed by atoms with Crippen molar-refractivity contribution >= 4 is 45.9 Å². The Labute approximate surface area is 169 Å². The van der Waals surface area contributed by atoms with E-state index < -0.39 is 5.97 Å². The van der Waals surface area contributed by atoms with Gasteiger partial charge in [-0.15, -0.1) is 22.7 Å². The molecule has 1 atom stereocenters. The summed E-state index contributed by atoms with van der Waals surface area (Å²) in [5.74, 6) is -0.619. The van der Waals surface area contributed by atoms with Gasteiger partial charge in [-0.05, 0) is 42.7 Å². The lowest BCUT2D eigenvalue weighted by atomic mass is 10.2. The number of amides is 1. The SMILES string of the molecule is Cc1nc(-c2ccsc2)sc1C(=O)OCC(=O)N1CCCC1c1cccs1. The summed E-state index contributed by atoms with van der Waals surface area (Å²) in [6.45, 7) is 2.27. The molecule has 0 spiro atoms. The highest BCUT2D eigenvalue weighted by Crippen LogP contribution is 2.34. The van der Waals surface area contributed by atoms with Crippen LogP contribution in [0.25, 0.3) is 10.6 Å². The molecule has 1 unspecified atom stereocenters. The number of likely N-dealkylation sites (tertiary alicyclic amines) is 1. The summed E-state index contributed by atoms with van der Waals surface area (Å²) in [6, 6.07) is 6.13. The summed E-state index contributed by atoms with van der Waals surface area (Å²) < 4.78 is 5.33. The van der Waals surface area contributed by atoms with Crippen molar-refractivity contribution < 1.29 is 14.3 Å². The lowest BCUT2D eigenvalue weighted by molar-refractivity contribution is -0.135. The van der Waals surface area contributed by atoms with Crippen molar-refractivity contribution in [3.05, 3.63) is 49.8 Å². The third-order valence-corrected chi connectivity index (χ3v) is 7.36. The number of esters is 1. The van der Waals surface area contributed by atoms with Crippen LogP contribution in [-0.2, 0) is 9.53 Å². The Morgan fingerprint density at radius 2 is 2.22 bits per heavy atom. The number of carbonyl (C=O) groups excluding carboxylic acids is 2. The molecule has 0 saturated carbocycles. The van der Waals surface area contributed by atoms with Gasteiger partial charge in [-0.3, -0.25) is 4.79 Å². The van der Waals surface area contributed by atoms with Crippen LogP contribution >= 0.6 is 34.0 Å². The van der Waals surface area contributed by atoms with Crippen molar-refractivity contribution in [2.24, 2.45) is 0 Å². The number of nitrogens with zero attached hydrogens (tertiary/aromatic N) is 2. The topological polar surface area (TPSA) is 59.5 Å². The fourth-order valence-electron chi connectivity index (χ4n) is 3.21. The first-order chi connectivity index (χ1) is 13.1. The lowest BCUT2D eigenvalue weighted by Gasteiger charge is -2.23. The summed E-state index contributed by atoms with van der Waals surface area (Å²) in [6.07, 6.45) is 1.93. The summed E-state index contributed by atoms with van der Waals surface area (Å²) in [7, 11) is 0. The van der Waals surface area contributed by atoms with Gasteiger partial charge in [0.15, 0.2) is 6.61 Å². The molecule has 0 N–H and O–H groups in total. The zero-order chi connectivity index (χ0) is 18.8. The van der Waals surface area contributed by atoms with Crippen LogP contribution in [0.15, 0.2) is 34.3 Å². The molecule has 4 heterocycles. The van der Waals surface area contributed by atoms with Crippen LogP contribution in [-0.4, -0.2) is 34.9 Å². The summed E-state index contributed by atoms with van der Waals surface area (Å²) in [4.78, 5) is 33.0. The van der Waals surface area contributed by atoms with E-state index in [1.54, 1.807) is 29.6 Å². The molecule has 1 amide bonds. The first-order valence-electron chi connectivity index (χ1n) is 8.63. The minimum atomic E-state index is -0.480. The van der Waals surface area contributed by atoms with E-state index in [1.165, 1.54) is 16.2 Å². The second kappa shape index (κ2) is 7.92. The van der Waals surface area contributed by atoms with Crippen LogP contribution in [0.3, 0.4) is 0 Å². The highest BCUT2D eigenvalue weighted by Gasteiger charge is 2.31. The maximum Gasteiger partial charge on any atom is 0.350 e. The molecule has 27 heavy (non-hydrogen) atoms. The summed E-state index contributed by atoms with van der Waals surface area (Å²) in [5.41, 5.74) is 1.63. The van der Waals surface area contributed by atoms with Gasteiger partial charge in [0, 0.05) is 22.4 Å². The van der Waals surface area contributed by atoms with Gasteiger partial charge in [0.2, 0.25) is 0 Å². The number of thiazole rings is 1. The lowest BCUT2D eigenvalue weighted by Crippen LogP contribution is -2.34. The molecule has 1 fully saturated rings. The van der Waals surface area contributed by atoms with E-state index in [0.29, 0.717) is 17.1 Å². The Kier molecular flexibility index (Phi) is 5.38. The summed E-state index contributed by atoms with van der Waals surface area (Å²) >= 11 is 4.55. The number of carbonyl (C=O) groups is 2. The van der Waals surface area contributed by atoms with E-state index in [2.05, 4.69) is 11.1 Å². The van der Waals surface area contributed by atoms with Crippen molar-refractivity contribution in [2.75, 3.05) is 13.2 Å². The molecule has 5 nitrogen and oxygen atoms in total. The fraction of sp³-hybridized carbons (Fsp3) is 0.316. The first-order valence-corrected chi connectivity index (χ1v) is 11.3. The Hall–Kier alpha value is -2.03. The van der Waals surface area contributed by atoms with E-state index in [4.69, 9.17) is 4.74 Å². The van der Waals surface area contributed by atoms with Crippen LogP contribution in [0.1, 0.15) is 39.1 Å². The monoisotopic (exact) mass is 418 g/mol. The Morgan fingerprint density at radius 1 is 1.33 bits per heavy atom. The van der Waals surface area contributed by atoms with Crippen molar-refractivity contribution in [2.45, 2.75) is 25.8 Å². The third kappa shape index (κ3) is 3.83. The molecule has 3 aromatic rings. The minimum Gasteiger partial charge on any atom is -0.451 e. The van der Waals surface area contributed by atoms with Gasteiger partial charge < -0.3 is 9.64 Å². The second-order valence-corrected chi connectivity index (χ2v) is 9.04. The number of ether oxygens (including phenoxy) is 1. The molecule has 0 aromatic carbocycles. The molecule has 0 bridgehead atoms. The Morgan fingerprint density at radius 3 is 2.96 bits per heavy atom. The number of hydrogen-bond donors (Lipinski definition) is 0. The van der Waals surface area contributed by atoms with Crippen molar-refractivity contribution in [1.82, 2.24) is 9.88 Å². The zero-order valence-electron chi connectivity index (χ0n) is 14.7. The van der Waals surface area contributed by atoms with Gasteiger partial charge in [0.1, 0.15) is 9.88 Å². The highest BCUT2D eigenvalue weighted by atomic mass is 32.1. The van der Waals surface area contributed by atoms with Crippen LogP contribution in [0.4, 0.5) is 0 Å². The fourth-order valence-corrected chi connectivity index (χ4v) is 5.76. The van der Waals surface area contributed by atoms with Gasteiger partial charge in [-0.25, -0.2) is 9.78 Å². The average Bonchev–Trinajstić information content (AvgIpc) is 3.45. The van der Waals surface area contributed by atoms with Crippen LogP contribution in [0.2, 0.25) is 0 Å². The van der Waals surface area contributed by atoms with Crippen LogP contribution in [0.5, 0.6) is 0 Å². The molecular formula is C19H18N2O3S3. The van der Waals surface area contributed by atoms with E-state index >= 15 is 0 Å². The van der Waals surface area contributed by atoms with Crippen LogP contribution in [0, 0.1) is 6.92 Å². The molecular weight excluding hydrogens is 400 g/mol. The second-order valence-electron chi connectivity index (χ2n) is 6.28. The van der Waals surface area contributed by atoms with E-state index in [9.17, 15) is 9.59 Å². The maximum absolute atomic E-state index is 12.6. The largest absolute Gasteiger partial charge is 0.451 e. The van der Waals surface area contributed by atoms with Crippen molar-refractivity contribution in [1.29, 1.82) is 0 Å². The van der Waals surface area contributed by atoms with Crippen molar-refractivity contribution in [3.8, 4) is 10.6 Å². The van der Waals surface area contributed by atoms with Gasteiger partial charge in [-0.1, -0.05) is 6.07 Å². The third-order valence-electron chi connectivity index (χ3n) is 4.52. The first kappa shape index (κ1) is 18.3. The number of aromatic nitrogens is 1. The number of thiophene rings is 2. The smallest absolute Gasteiger partial charge is 0.350 e. The Bertz CT molecular complexity index is 932. The average molecular weight is 419 g/mol. The van der Waals surface area contributed by atoms with E-state index in [0.717, 1.165) is 23.4 Å². The summed E-state index contributed by atoms with van der Waals surface area (Å²) in [5, 5.41) is 6.79. The molecule has 140 valence electrons. The zero-order valence-corrected chi connectivity index (χ0v) is 17.2. The standard InChI is InChI=1S/C19H18N2O3S3/c1-12-17(27-18(20-12)13-6-9-25-11-13)19(23)24-10-16(22)21-7-2-4-14(21)15-5-3-8-26-15/h3,5-6,8-9,11,14H,2,4,7,10H2,1H3. The number of aryl methyl sites for hydroxylation is 1. The number of rotatable bonds is 5. The van der Waals surface area contributed by atoms with E-state index in [-0.39, 0.29) is 18.6 Å². The predicted octanol–water partition coefficient (Wildman–Crippen LogP) is 4.76. The van der Waals surface area contributed by atoms with Crippen LogP contribution < -0.4 is 0 Å². The predicted molar refractivity (Wildman–Crippen MR) is 108 cm³/mol. The van der Waals surface area contributed by atoms with Gasteiger partial charge in [0.25, 0.3) is 5.91 Å². The van der Waals surface area contributed by atoms with Gasteiger partial charge >= 0.3 is 5.97 Å². The highest BCUT2D eigenvalue weighted by molar-refractivity contribution is 7.17. The molecule has 8 heteroatoms.